The Bertz CT molecular complexity index is 1070. The molecule has 0 N–H and O–H groups in total. The van der Waals surface area contributed by atoms with Crippen LogP contribution in [0.3, 0.4) is 0 Å². The highest BCUT2D eigenvalue weighted by atomic mass is 32.2. The summed E-state index contributed by atoms with van der Waals surface area (Å²) in [4.78, 5) is 23.8. The predicted molar refractivity (Wildman–Crippen MR) is 137 cm³/mol. The third-order valence-electron chi connectivity index (χ3n) is 5.51. The molecule has 178 valence electrons. The summed E-state index contributed by atoms with van der Waals surface area (Å²) >= 11 is 3.22. The summed E-state index contributed by atoms with van der Waals surface area (Å²) in [5.41, 5.74) is 1.34. The van der Waals surface area contributed by atoms with Crippen molar-refractivity contribution >= 4 is 44.4 Å². The number of thioether (sulfide) groups is 1. The Morgan fingerprint density at radius 2 is 1.67 bits per heavy atom. The number of rotatable bonds is 11. The van der Waals surface area contributed by atoms with Crippen LogP contribution in [0.2, 0.25) is 0 Å². The van der Waals surface area contributed by atoms with Gasteiger partial charge in [-0.2, -0.15) is 0 Å². The molecule has 0 spiro atoms. The topological polar surface area (TPSA) is 64.1 Å². The Kier molecular flexibility index (Phi) is 8.82. The average Bonchev–Trinajstić information content (AvgIpc) is 3.28. The van der Waals surface area contributed by atoms with Crippen molar-refractivity contribution in [1.29, 1.82) is 0 Å². The van der Waals surface area contributed by atoms with Crippen LogP contribution >= 0.6 is 23.1 Å². The Hall–Kier alpha value is -2.49. The van der Waals surface area contributed by atoms with Crippen molar-refractivity contribution < 1.29 is 19.0 Å². The van der Waals surface area contributed by atoms with E-state index in [2.05, 4.69) is 30.9 Å². The second-order valence-electron chi connectivity index (χ2n) is 7.23. The van der Waals surface area contributed by atoms with Gasteiger partial charge in [-0.3, -0.25) is 9.69 Å². The number of carbonyl (C=O) groups is 1. The number of thiazole rings is 1. The van der Waals surface area contributed by atoms with Crippen LogP contribution in [0.5, 0.6) is 17.2 Å². The summed E-state index contributed by atoms with van der Waals surface area (Å²) < 4.78 is 17.4. The second-order valence-corrected chi connectivity index (χ2v) is 9.12. The highest BCUT2D eigenvalue weighted by Gasteiger charge is 2.25. The Morgan fingerprint density at radius 3 is 2.21 bits per heavy atom. The summed E-state index contributed by atoms with van der Waals surface area (Å²) in [7, 11) is 4.63. The van der Waals surface area contributed by atoms with Crippen molar-refractivity contribution in [2.24, 2.45) is 0 Å². The zero-order valence-corrected chi connectivity index (χ0v) is 21.6. The lowest BCUT2D eigenvalue weighted by Gasteiger charge is -2.25. The van der Waals surface area contributed by atoms with Gasteiger partial charge in [0, 0.05) is 23.5 Å². The number of benzene rings is 2. The van der Waals surface area contributed by atoms with Gasteiger partial charge in [0.25, 0.3) is 5.91 Å². The summed E-state index contributed by atoms with van der Waals surface area (Å²) in [6.45, 7) is 7.34. The number of ether oxygens (including phenoxy) is 3. The lowest BCUT2D eigenvalue weighted by atomic mass is 10.1. The number of fused-ring (bicyclic) bond motifs is 1. The fourth-order valence-corrected chi connectivity index (χ4v) is 5.10. The van der Waals surface area contributed by atoms with E-state index in [1.165, 1.54) is 16.2 Å². The van der Waals surface area contributed by atoms with E-state index >= 15 is 0 Å². The molecule has 3 rings (SSSR count). The smallest absolute Gasteiger partial charge is 0.260 e. The van der Waals surface area contributed by atoms with Crippen molar-refractivity contribution in [3.8, 4) is 17.2 Å². The lowest BCUT2D eigenvalue weighted by molar-refractivity contribution is 0.0983. The monoisotopic (exact) mass is 489 g/mol. The van der Waals surface area contributed by atoms with Crippen LogP contribution < -0.4 is 19.1 Å². The lowest BCUT2D eigenvalue weighted by Crippen LogP contribution is -2.38. The number of hydrogen-bond acceptors (Lipinski definition) is 8. The molecule has 0 radical (unpaired) electrons. The zero-order valence-electron chi connectivity index (χ0n) is 20.0. The summed E-state index contributed by atoms with van der Waals surface area (Å²) in [6, 6.07) is 9.56. The van der Waals surface area contributed by atoms with Gasteiger partial charge < -0.3 is 19.1 Å². The molecule has 0 atom stereocenters. The van der Waals surface area contributed by atoms with Crippen LogP contribution in [-0.2, 0) is 0 Å². The van der Waals surface area contributed by atoms with Gasteiger partial charge in [0.1, 0.15) is 0 Å². The molecule has 0 aliphatic carbocycles. The average molecular weight is 490 g/mol. The van der Waals surface area contributed by atoms with E-state index in [0.717, 1.165) is 29.9 Å². The number of methoxy groups -OCH3 is 3. The van der Waals surface area contributed by atoms with Crippen LogP contribution in [0.1, 0.15) is 24.2 Å². The molecule has 0 saturated carbocycles. The number of anilines is 1. The number of likely N-dealkylation sites (N-methyl/N-ethyl adjacent to an activating group) is 1. The molecule has 9 heteroatoms. The molecular weight excluding hydrogens is 458 g/mol. The molecule has 2 aromatic carbocycles. The molecule has 0 unspecified atom stereocenters. The SMILES string of the molecule is CCN(CC)CCN(C(=O)c1cc(OC)c(OC)c(OC)c1)c1nc2ccc(SC)cc2s1. The number of aromatic nitrogens is 1. The van der Waals surface area contributed by atoms with Gasteiger partial charge in [0.05, 0.1) is 31.5 Å². The quantitative estimate of drug-likeness (QED) is 0.350. The Balaban J connectivity index is 2.05. The Labute approximate surface area is 203 Å². The molecule has 33 heavy (non-hydrogen) atoms. The van der Waals surface area contributed by atoms with Gasteiger partial charge in [-0.1, -0.05) is 25.2 Å². The standard InChI is InChI=1S/C24H31N3O4S2/c1-7-26(8-2)11-12-27(24-25-18-10-9-17(32-6)15-21(18)33-24)23(28)16-13-19(29-3)22(31-5)20(14-16)30-4/h9-10,13-15H,7-8,11-12H2,1-6H3. The number of hydrogen-bond donors (Lipinski definition) is 0. The first kappa shape index (κ1) is 25.1. The first-order valence-electron chi connectivity index (χ1n) is 10.8. The molecule has 7 nitrogen and oxygen atoms in total. The van der Waals surface area contributed by atoms with Gasteiger partial charge in [-0.05, 0) is 49.7 Å². The molecule has 0 saturated heterocycles. The molecule has 1 aromatic heterocycles. The van der Waals surface area contributed by atoms with E-state index in [1.807, 2.05) is 12.3 Å². The van der Waals surface area contributed by atoms with Crippen molar-refractivity contribution in [2.45, 2.75) is 18.7 Å². The van der Waals surface area contributed by atoms with Crippen LogP contribution in [0.25, 0.3) is 10.2 Å². The van der Waals surface area contributed by atoms with Gasteiger partial charge in [-0.15, -0.1) is 11.8 Å². The highest BCUT2D eigenvalue weighted by molar-refractivity contribution is 7.98. The largest absolute Gasteiger partial charge is 0.493 e. The van der Waals surface area contributed by atoms with Crippen LogP contribution in [0.15, 0.2) is 35.2 Å². The van der Waals surface area contributed by atoms with Gasteiger partial charge in [-0.25, -0.2) is 4.98 Å². The molecule has 0 bridgehead atoms. The van der Waals surface area contributed by atoms with E-state index in [4.69, 9.17) is 19.2 Å². The van der Waals surface area contributed by atoms with Crippen molar-refractivity contribution in [3.63, 3.8) is 0 Å². The van der Waals surface area contributed by atoms with Crippen molar-refractivity contribution in [2.75, 3.05) is 58.7 Å². The number of amides is 1. The summed E-state index contributed by atoms with van der Waals surface area (Å²) in [6.07, 6.45) is 2.05. The normalized spacial score (nSPS) is 11.1. The third-order valence-corrected chi connectivity index (χ3v) is 7.27. The first-order chi connectivity index (χ1) is 16.0. The fourth-order valence-electron chi connectivity index (χ4n) is 3.56. The zero-order chi connectivity index (χ0) is 24.0. The van der Waals surface area contributed by atoms with E-state index < -0.39 is 0 Å². The highest BCUT2D eigenvalue weighted by Crippen LogP contribution is 2.39. The second kappa shape index (κ2) is 11.6. The van der Waals surface area contributed by atoms with E-state index in [1.54, 1.807) is 50.1 Å². The molecule has 1 amide bonds. The summed E-state index contributed by atoms with van der Waals surface area (Å²) in [5, 5.41) is 0.675. The molecule has 3 aromatic rings. The molecule has 0 fully saturated rings. The van der Waals surface area contributed by atoms with Gasteiger partial charge >= 0.3 is 0 Å². The summed E-state index contributed by atoms with van der Waals surface area (Å²) in [5.74, 6) is 1.18. The molecule has 1 heterocycles. The Morgan fingerprint density at radius 1 is 1.00 bits per heavy atom. The van der Waals surface area contributed by atoms with Crippen molar-refractivity contribution in [3.05, 3.63) is 35.9 Å². The van der Waals surface area contributed by atoms with Gasteiger partial charge in [0.15, 0.2) is 16.6 Å². The minimum Gasteiger partial charge on any atom is -0.493 e. The van der Waals surface area contributed by atoms with E-state index in [9.17, 15) is 4.79 Å². The molecular formula is C24H31N3O4S2. The number of nitrogens with zero attached hydrogens (tertiary/aromatic N) is 3. The number of carbonyl (C=O) groups excluding carboxylic acids is 1. The maximum Gasteiger partial charge on any atom is 0.260 e. The maximum atomic E-state index is 13.8. The molecule has 0 aliphatic heterocycles. The van der Waals surface area contributed by atoms with Crippen LogP contribution in [0, 0.1) is 0 Å². The van der Waals surface area contributed by atoms with E-state index in [0.29, 0.717) is 34.5 Å². The van der Waals surface area contributed by atoms with Crippen LogP contribution in [-0.4, -0.2) is 69.6 Å². The first-order valence-corrected chi connectivity index (χ1v) is 12.8. The fraction of sp³-hybridized carbons (Fsp3) is 0.417. The van der Waals surface area contributed by atoms with Crippen molar-refractivity contribution in [1.82, 2.24) is 9.88 Å². The maximum absolute atomic E-state index is 13.8. The third kappa shape index (κ3) is 5.54. The predicted octanol–water partition coefficient (Wildman–Crippen LogP) is 5.03. The molecule has 0 aliphatic rings. The minimum atomic E-state index is -0.162. The van der Waals surface area contributed by atoms with E-state index in [-0.39, 0.29) is 5.91 Å². The van der Waals surface area contributed by atoms with Gasteiger partial charge in [0.2, 0.25) is 5.75 Å². The minimum absolute atomic E-state index is 0.162. The van der Waals surface area contributed by atoms with Crippen LogP contribution in [0.4, 0.5) is 5.13 Å².